The molecule has 1 heterocycles. The second kappa shape index (κ2) is 4.69. The molecule has 110 valence electrons. The standard InChI is InChI=1S/C16H16FNO3/c1-16(2)7-11(19)13-12(8-16)21-15(20)18-14(13)9-5-3-4-6-10(9)17/h3-6,14H,7-8H2,1-2H3,(H,18,20). The normalized spacial score (nSPS) is 24.2. The van der Waals surface area contributed by atoms with Gasteiger partial charge in [0.25, 0.3) is 0 Å². The van der Waals surface area contributed by atoms with Crippen LogP contribution >= 0.6 is 0 Å². The van der Waals surface area contributed by atoms with E-state index in [0.717, 1.165) is 0 Å². The van der Waals surface area contributed by atoms with Gasteiger partial charge >= 0.3 is 6.09 Å². The van der Waals surface area contributed by atoms with Crippen LogP contribution in [0.5, 0.6) is 0 Å². The van der Waals surface area contributed by atoms with E-state index in [9.17, 15) is 14.0 Å². The van der Waals surface area contributed by atoms with Gasteiger partial charge in [0.2, 0.25) is 0 Å². The highest BCUT2D eigenvalue weighted by molar-refractivity contribution is 6.00. The SMILES string of the molecule is CC1(C)CC(=O)C2=C(C1)OC(=O)NC2c1ccccc1F. The number of carbonyl (C=O) groups is 2. The monoisotopic (exact) mass is 289 g/mol. The maximum atomic E-state index is 14.0. The summed E-state index contributed by atoms with van der Waals surface area (Å²) in [5.74, 6) is -0.183. The molecule has 1 aliphatic carbocycles. The van der Waals surface area contributed by atoms with Gasteiger partial charge in [-0.2, -0.15) is 0 Å². The molecule has 0 aromatic heterocycles. The third-order valence-corrected chi connectivity index (χ3v) is 3.86. The van der Waals surface area contributed by atoms with Crippen molar-refractivity contribution in [3.63, 3.8) is 0 Å². The van der Waals surface area contributed by atoms with E-state index in [1.807, 2.05) is 13.8 Å². The van der Waals surface area contributed by atoms with Crippen molar-refractivity contribution in [2.45, 2.75) is 32.7 Å². The molecule has 2 aliphatic rings. The van der Waals surface area contributed by atoms with Crippen molar-refractivity contribution in [2.75, 3.05) is 0 Å². The molecule has 0 saturated carbocycles. The summed E-state index contributed by atoms with van der Waals surface area (Å²) in [6.07, 6.45) is 0.204. The van der Waals surface area contributed by atoms with Gasteiger partial charge in [0, 0.05) is 18.4 Å². The first kappa shape index (κ1) is 13.8. The van der Waals surface area contributed by atoms with Crippen molar-refractivity contribution < 1.29 is 18.7 Å². The second-order valence-electron chi connectivity index (χ2n) is 6.27. The Morgan fingerprint density at radius 1 is 1.24 bits per heavy atom. The molecular formula is C16H16FNO3. The van der Waals surface area contributed by atoms with Crippen LogP contribution < -0.4 is 5.32 Å². The number of rotatable bonds is 1. The van der Waals surface area contributed by atoms with E-state index in [-0.39, 0.29) is 16.8 Å². The predicted octanol–water partition coefficient (Wildman–Crippen LogP) is 3.25. The summed E-state index contributed by atoms with van der Waals surface area (Å²) in [7, 11) is 0. The number of allylic oxidation sites excluding steroid dienone is 1. The first-order valence-corrected chi connectivity index (χ1v) is 6.86. The maximum Gasteiger partial charge on any atom is 0.413 e. The Hall–Kier alpha value is -2.17. The van der Waals surface area contributed by atoms with Crippen LogP contribution in [0.4, 0.5) is 9.18 Å². The first-order chi connectivity index (χ1) is 9.87. The molecule has 1 N–H and O–H groups in total. The summed E-state index contributed by atoms with van der Waals surface area (Å²) in [6, 6.07) is 5.36. The predicted molar refractivity (Wildman–Crippen MR) is 73.8 cm³/mol. The summed E-state index contributed by atoms with van der Waals surface area (Å²) in [4.78, 5) is 24.2. The molecule has 1 aliphatic heterocycles. The highest BCUT2D eigenvalue weighted by Crippen LogP contribution is 2.43. The number of hydrogen-bond donors (Lipinski definition) is 1. The van der Waals surface area contributed by atoms with Crippen LogP contribution in [0.2, 0.25) is 0 Å². The molecule has 0 saturated heterocycles. The van der Waals surface area contributed by atoms with E-state index in [4.69, 9.17) is 4.74 Å². The van der Waals surface area contributed by atoms with Gasteiger partial charge in [0.1, 0.15) is 11.6 Å². The van der Waals surface area contributed by atoms with Crippen molar-refractivity contribution >= 4 is 11.9 Å². The number of ketones is 1. The number of carbonyl (C=O) groups excluding carboxylic acids is 2. The average Bonchev–Trinajstić information content (AvgIpc) is 2.36. The lowest BCUT2D eigenvalue weighted by atomic mass is 9.74. The molecule has 0 spiro atoms. The zero-order chi connectivity index (χ0) is 15.2. The smallest absolute Gasteiger partial charge is 0.413 e. The summed E-state index contributed by atoms with van der Waals surface area (Å²) >= 11 is 0. The molecule has 3 rings (SSSR count). The van der Waals surface area contributed by atoms with E-state index in [0.29, 0.717) is 24.2 Å². The molecule has 1 amide bonds. The third kappa shape index (κ3) is 2.44. The van der Waals surface area contributed by atoms with Crippen LogP contribution in [0.25, 0.3) is 0 Å². The van der Waals surface area contributed by atoms with Crippen LogP contribution in [-0.2, 0) is 9.53 Å². The van der Waals surface area contributed by atoms with Gasteiger partial charge in [-0.3, -0.25) is 4.79 Å². The van der Waals surface area contributed by atoms with Gasteiger partial charge in [-0.1, -0.05) is 32.0 Å². The number of hydrogen-bond acceptors (Lipinski definition) is 3. The number of amides is 1. The van der Waals surface area contributed by atoms with Gasteiger partial charge in [-0.05, 0) is 11.5 Å². The Morgan fingerprint density at radius 3 is 2.67 bits per heavy atom. The Kier molecular flexibility index (Phi) is 3.08. The first-order valence-electron chi connectivity index (χ1n) is 6.86. The molecule has 4 nitrogen and oxygen atoms in total. The van der Waals surface area contributed by atoms with Crippen LogP contribution in [0, 0.1) is 11.2 Å². The maximum absolute atomic E-state index is 14.0. The van der Waals surface area contributed by atoms with Crippen molar-refractivity contribution in [1.29, 1.82) is 0 Å². The molecule has 0 bridgehead atoms. The molecule has 1 unspecified atom stereocenters. The number of Topliss-reactive ketones (excluding diaryl/α,β-unsaturated/α-hetero) is 1. The van der Waals surface area contributed by atoms with E-state index in [1.54, 1.807) is 18.2 Å². The Balaban J connectivity index is 2.11. The van der Waals surface area contributed by atoms with Gasteiger partial charge < -0.3 is 10.1 Å². The van der Waals surface area contributed by atoms with Crippen LogP contribution in [0.1, 0.15) is 38.3 Å². The van der Waals surface area contributed by atoms with Crippen LogP contribution in [0.3, 0.4) is 0 Å². The van der Waals surface area contributed by atoms with Crippen molar-refractivity contribution in [3.05, 3.63) is 47.0 Å². The van der Waals surface area contributed by atoms with Gasteiger partial charge in [-0.15, -0.1) is 0 Å². The average molecular weight is 289 g/mol. The van der Waals surface area contributed by atoms with E-state index in [2.05, 4.69) is 5.32 Å². The second-order valence-corrected chi connectivity index (χ2v) is 6.27. The van der Waals surface area contributed by atoms with Gasteiger partial charge in [-0.25, -0.2) is 9.18 Å². The molecule has 5 heteroatoms. The number of alkyl carbamates (subject to hydrolysis) is 1. The molecule has 1 aromatic carbocycles. The zero-order valence-electron chi connectivity index (χ0n) is 11.9. The summed E-state index contributed by atoms with van der Waals surface area (Å²) in [5.41, 5.74) is 0.404. The van der Waals surface area contributed by atoms with Gasteiger partial charge in [0.05, 0.1) is 11.6 Å². The molecule has 1 atom stereocenters. The molecular weight excluding hydrogens is 273 g/mol. The van der Waals surface area contributed by atoms with Crippen molar-refractivity contribution in [1.82, 2.24) is 5.32 Å². The third-order valence-electron chi connectivity index (χ3n) is 3.86. The minimum atomic E-state index is -0.772. The quantitative estimate of drug-likeness (QED) is 0.863. The topological polar surface area (TPSA) is 55.4 Å². The lowest BCUT2D eigenvalue weighted by Gasteiger charge is -2.37. The summed E-state index contributed by atoms with van der Waals surface area (Å²) in [5, 5.41) is 2.55. The lowest BCUT2D eigenvalue weighted by Crippen LogP contribution is -2.42. The van der Waals surface area contributed by atoms with Crippen molar-refractivity contribution in [2.24, 2.45) is 5.41 Å². The summed E-state index contributed by atoms with van der Waals surface area (Å²) in [6.45, 7) is 3.89. The van der Waals surface area contributed by atoms with E-state index < -0.39 is 18.0 Å². The molecule has 0 radical (unpaired) electrons. The lowest BCUT2D eigenvalue weighted by molar-refractivity contribution is -0.119. The summed E-state index contributed by atoms with van der Waals surface area (Å²) < 4.78 is 19.2. The molecule has 21 heavy (non-hydrogen) atoms. The number of halogens is 1. The Labute approximate surface area is 122 Å². The zero-order valence-corrected chi connectivity index (χ0v) is 11.9. The van der Waals surface area contributed by atoms with Crippen LogP contribution in [0.15, 0.2) is 35.6 Å². The Morgan fingerprint density at radius 2 is 1.95 bits per heavy atom. The van der Waals surface area contributed by atoms with Gasteiger partial charge in [0.15, 0.2) is 5.78 Å². The van der Waals surface area contributed by atoms with E-state index >= 15 is 0 Å². The fraction of sp³-hybridized carbons (Fsp3) is 0.375. The minimum absolute atomic E-state index is 0.102. The number of ether oxygens (including phenoxy) is 1. The molecule has 1 aromatic rings. The highest BCUT2D eigenvalue weighted by atomic mass is 19.1. The highest BCUT2D eigenvalue weighted by Gasteiger charge is 2.42. The Bertz CT molecular complexity index is 663. The minimum Gasteiger partial charge on any atom is -0.414 e. The van der Waals surface area contributed by atoms with E-state index in [1.165, 1.54) is 6.07 Å². The number of benzene rings is 1. The number of nitrogens with one attached hydrogen (secondary N) is 1. The molecule has 0 fully saturated rings. The fourth-order valence-electron chi connectivity index (χ4n) is 2.96. The largest absolute Gasteiger partial charge is 0.414 e. The fourth-order valence-corrected chi connectivity index (χ4v) is 2.96. The van der Waals surface area contributed by atoms with Crippen molar-refractivity contribution in [3.8, 4) is 0 Å². The van der Waals surface area contributed by atoms with Crippen LogP contribution in [-0.4, -0.2) is 11.9 Å².